The number of carboxylic acids is 1. The van der Waals surface area contributed by atoms with Gasteiger partial charge in [-0.05, 0) is 31.8 Å². The molecule has 1 saturated heterocycles. The van der Waals surface area contributed by atoms with Crippen LogP contribution in [0.4, 0.5) is 8.78 Å². The van der Waals surface area contributed by atoms with Crippen LogP contribution in [0.1, 0.15) is 58.3 Å². The largest absolute Gasteiger partial charge is 0.488 e. The molecule has 2 aliphatic rings. The third kappa shape index (κ3) is 5.43. The second kappa shape index (κ2) is 9.52. The normalized spacial score (nSPS) is 31.1. The lowest BCUT2D eigenvalue weighted by molar-refractivity contribution is -0.149. The van der Waals surface area contributed by atoms with Gasteiger partial charge in [0.25, 0.3) is 0 Å². The van der Waals surface area contributed by atoms with E-state index in [-0.39, 0.29) is 12.8 Å². The Labute approximate surface area is 158 Å². The second-order valence-electron chi connectivity index (χ2n) is 7.31. The van der Waals surface area contributed by atoms with Gasteiger partial charge >= 0.3 is 11.9 Å². The first kappa shape index (κ1) is 21.6. The quantitative estimate of drug-likeness (QED) is 0.441. The van der Waals surface area contributed by atoms with Crippen LogP contribution in [0.3, 0.4) is 0 Å². The first-order valence-electron chi connectivity index (χ1n) is 9.59. The maximum absolute atomic E-state index is 14.4. The van der Waals surface area contributed by atoms with E-state index in [0.717, 1.165) is 19.3 Å². The SMILES string of the molecule is CCCCC[C@H](O)C#C[C@@H]1C2C/C(=C/CCCC(=O)O)O[C@@H]2C(F)(F)[C@H]1O. The van der Waals surface area contributed by atoms with Gasteiger partial charge in [-0.2, -0.15) is 8.78 Å². The van der Waals surface area contributed by atoms with Crippen molar-refractivity contribution in [3.8, 4) is 11.8 Å². The summed E-state index contributed by atoms with van der Waals surface area (Å²) >= 11 is 0. The van der Waals surface area contributed by atoms with Gasteiger partial charge in [0.1, 0.15) is 12.2 Å². The molecule has 1 saturated carbocycles. The summed E-state index contributed by atoms with van der Waals surface area (Å²) in [5.41, 5.74) is 0. The molecule has 0 spiro atoms. The monoisotopic (exact) mass is 386 g/mol. The Hall–Kier alpha value is -1.65. The summed E-state index contributed by atoms with van der Waals surface area (Å²) in [6, 6.07) is 0. The van der Waals surface area contributed by atoms with Crippen molar-refractivity contribution in [2.24, 2.45) is 11.8 Å². The number of aliphatic hydroxyl groups is 2. The highest BCUT2D eigenvalue weighted by molar-refractivity contribution is 5.66. The molecule has 7 heteroatoms. The van der Waals surface area contributed by atoms with E-state index in [1.54, 1.807) is 6.08 Å². The summed E-state index contributed by atoms with van der Waals surface area (Å²) in [5, 5.41) is 28.5. The van der Waals surface area contributed by atoms with Crippen LogP contribution >= 0.6 is 0 Å². The first-order chi connectivity index (χ1) is 12.8. The Morgan fingerprint density at radius 2 is 2.15 bits per heavy atom. The van der Waals surface area contributed by atoms with Gasteiger partial charge in [0, 0.05) is 18.8 Å². The molecule has 1 unspecified atom stereocenters. The van der Waals surface area contributed by atoms with Crippen molar-refractivity contribution >= 4 is 5.97 Å². The number of carboxylic acid groups (broad SMARTS) is 1. The number of unbranched alkanes of at least 4 members (excludes halogenated alkanes) is 3. The number of aliphatic carboxylic acids is 1. The molecule has 0 radical (unpaired) electrons. The molecule has 5 nitrogen and oxygen atoms in total. The van der Waals surface area contributed by atoms with Gasteiger partial charge in [-0.15, -0.1) is 0 Å². The predicted molar refractivity (Wildman–Crippen MR) is 94.9 cm³/mol. The highest BCUT2D eigenvalue weighted by atomic mass is 19.3. The minimum Gasteiger partial charge on any atom is -0.488 e. The third-order valence-corrected chi connectivity index (χ3v) is 5.14. The van der Waals surface area contributed by atoms with E-state index in [2.05, 4.69) is 11.8 Å². The van der Waals surface area contributed by atoms with Crippen molar-refractivity contribution in [2.45, 2.75) is 82.5 Å². The van der Waals surface area contributed by atoms with Crippen molar-refractivity contribution in [1.82, 2.24) is 0 Å². The van der Waals surface area contributed by atoms with Gasteiger partial charge in [0.15, 0.2) is 6.10 Å². The molecule has 27 heavy (non-hydrogen) atoms. The molecule has 1 aliphatic carbocycles. The smallest absolute Gasteiger partial charge is 0.310 e. The molecule has 2 rings (SSSR count). The molecule has 3 N–H and O–H groups in total. The van der Waals surface area contributed by atoms with Crippen LogP contribution in [-0.2, 0) is 9.53 Å². The summed E-state index contributed by atoms with van der Waals surface area (Å²) in [6.45, 7) is 2.04. The number of hydrogen-bond acceptors (Lipinski definition) is 4. The van der Waals surface area contributed by atoms with Crippen molar-refractivity contribution in [3.05, 3.63) is 11.8 Å². The van der Waals surface area contributed by atoms with Gasteiger partial charge in [0.05, 0.1) is 11.7 Å². The zero-order valence-electron chi connectivity index (χ0n) is 15.5. The number of allylic oxidation sites excluding steroid dienone is 2. The molecule has 0 bridgehead atoms. The fourth-order valence-corrected chi connectivity index (χ4v) is 3.65. The molecule has 0 aromatic heterocycles. The number of aliphatic hydroxyl groups excluding tert-OH is 2. The van der Waals surface area contributed by atoms with E-state index >= 15 is 0 Å². The lowest BCUT2D eigenvalue weighted by atomic mass is 9.91. The highest BCUT2D eigenvalue weighted by Crippen LogP contribution is 2.52. The zero-order valence-corrected chi connectivity index (χ0v) is 15.5. The Morgan fingerprint density at radius 1 is 1.41 bits per heavy atom. The van der Waals surface area contributed by atoms with Crippen molar-refractivity contribution in [1.29, 1.82) is 0 Å². The highest BCUT2D eigenvalue weighted by Gasteiger charge is 2.66. The summed E-state index contributed by atoms with van der Waals surface area (Å²) < 4.78 is 34.1. The molecular weight excluding hydrogens is 358 g/mol. The number of halogens is 2. The summed E-state index contributed by atoms with van der Waals surface area (Å²) in [6.07, 6.45) is 1.77. The molecule has 5 atom stereocenters. The number of hydrogen-bond donors (Lipinski definition) is 3. The van der Waals surface area contributed by atoms with Crippen LogP contribution < -0.4 is 0 Å². The first-order valence-corrected chi connectivity index (χ1v) is 9.59. The summed E-state index contributed by atoms with van der Waals surface area (Å²) in [5.74, 6) is -0.227. The Bertz CT molecular complexity index is 607. The zero-order chi connectivity index (χ0) is 20.0. The van der Waals surface area contributed by atoms with Crippen LogP contribution in [0.5, 0.6) is 0 Å². The van der Waals surface area contributed by atoms with Crippen LogP contribution in [0.15, 0.2) is 11.8 Å². The molecule has 152 valence electrons. The summed E-state index contributed by atoms with van der Waals surface area (Å²) in [7, 11) is 0. The maximum atomic E-state index is 14.4. The maximum Gasteiger partial charge on any atom is 0.310 e. The van der Waals surface area contributed by atoms with Crippen LogP contribution in [0.25, 0.3) is 0 Å². The van der Waals surface area contributed by atoms with E-state index in [1.165, 1.54) is 0 Å². The molecule has 1 heterocycles. The predicted octanol–water partition coefficient (Wildman–Crippen LogP) is 3.10. The van der Waals surface area contributed by atoms with Gasteiger partial charge in [-0.1, -0.05) is 31.6 Å². The Morgan fingerprint density at radius 3 is 2.81 bits per heavy atom. The van der Waals surface area contributed by atoms with Crippen molar-refractivity contribution < 1.29 is 33.6 Å². The van der Waals surface area contributed by atoms with E-state index in [4.69, 9.17) is 9.84 Å². The molecule has 0 aromatic carbocycles. The number of rotatable bonds is 8. The average molecular weight is 386 g/mol. The van der Waals surface area contributed by atoms with E-state index in [0.29, 0.717) is 25.0 Å². The van der Waals surface area contributed by atoms with Crippen molar-refractivity contribution in [2.75, 3.05) is 0 Å². The van der Waals surface area contributed by atoms with Crippen LogP contribution in [0, 0.1) is 23.7 Å². The van der Waals surface area contributed by atoms with E-state index < -0.39 is 42.0 Å². The number of fused-ring (bicyclic) bond motifs is 1. The molecule has 2 fully saturated rings. The van der Waals surface area contributed by atoms with Gasteiger partial charge < -0.3 is 20.1 Å². The second-order valence-corrected chi connectivity index (χ2v) is 7.31. The van der Waals surface area contributed by atoms with Crippen LogP contribution in [-0.4, -0.2) is 45.5 Å². The van der Waals surface area contributed by atoms with E-state index in [9.17, 15) is 23.8 Å². The topological polar surface area (TPSA) is 87.0 Å². The number of carbonyl (C=O) groups is 1. The average Bonchev–Trinajstić information content (AvgIpc) is 3.09. The molecular formula is C20H28F2O5. The molecule has 1 aliphatic heterocycles. The van der Waals surface area contributed by atoms with Gasteiger partial charge in [-0.3, -0.25) is 4.79 Å². The van der Waals surface area contributed by atoms with Crippen molar-refractivity contribution in [3.63, 3.8) is 0 Å². The number of alkyl halides is 2. The summed E-state index contributed by atoms with van der Waals surface area (Å²) in [4.78, 5) is 10.5. The van der Waals surface area contributed by atoms with E-state index in [1.807, 2.05) is 6.92 Å². The fraction of sp³-hybridized carbons (Fsp3) is 0.750. The minimum atomic E-state index is -3.41. The van der Waals surface area contributed by atoms with Crippen LogP contribution in [0.2, 0.25) is 0 Å². The molecule has 0 aromatic rings. The lowest BCUT2D eigenvalue weighted by Gasteiger charge is -2.21. The Balaban J connectivity index is 2.01. The fourth-order valence-electron chi connectivity index (χ4n) is 3.65. The standard InChI is InChI=1S/C20H28F2O5/c1-2-3-4-7-13(23)10-11-15-16-12-14(8-5-6-9-17(24)25)27-19(16)20(21,22)18(15)26/h8,13,15-16,18-19,23,26H,2-7,9,12H2,1H3,(H,24,25)/b14-8-/t13-,15+,16?,18-,19-/m0/s1. The minimum absolute atomic E-state index is 0.00946. The van der Waals surface area contributed by atoms with Gasteiger partial charge in [0.2, 0.25) is 0 Å². The Kier molecular flexibility index (Phi) is 7.63. The lowest BCUT2D eigenvalue weighted by Crippen LogP contribution is -2.39. The number of ether oxygens (including phenoxy) is 1. The third-order valence-electron chi connectivity index (χ3n) is 5.14. The molecule has 0 amide bonds. The van der Waals surface area contributed by atoms with Gasteiger partial charge in [-0.25, -0.2) is 0 Å².